The van der Waals surface area contributed by atoms with Crippen LogP contribution in [0.3, 0.4) is 0 Å². The summed E-state index contributed by atoms with van der Waals surface area (Å²) in [5.41, 5.74) is 3.81. The molecule has 1 N–H and O–H groups in total. The Morgan fingerprint density at radius 1 is 1.21 bits per heavy atom. The summed E-state index contributed by atoms with van der Waals surface area (Å²) in [7, 11) is 0. The van der Waals surface area contributed by atoms with Crippen LogP contribution in [0.2, 0.25) is 0 Å². The Morgan fingerprint density at radius 2 is 1.97 bits per heavy atom. The number of amides is 1. The van der Waals surface area contributed by atoms with E-state index >= 15 is 0 Å². The first-order chi connectivity index (χ1) is 14.1. The van der Waals surface area contributed by atoms with Crippen LogP contribution >= 0.6 is 23.1 Å². The van der Waals surface area contributed by atoms with E-state index in [2.05, 4.69) is 39.6 Å². The molecule has 29 heavy (non-hydrogen) atoms. The first-order valence-corrected chi connectivity index (χ1v) is 11.7. The second kappa shape index (κ2) is 9.01. The van der Waals surface area contributed by atoms with Gasteiger partial charge in [0.25, 0.3) is 5.91 Å². The number of carbonyl (C=O) groups excluding carboxylic acids is 1. The third-order valence-corrected chi connectivity index (χ3v) is 6.95. The molecule has 1 amide bonds. The maximum Gasteiger partial charge on any atom is 0.255 e. The number of benzene rings is 2. The highest BCUT2D eigenvalue weighted by atomic mass is 32.2. The number of rotatable bonds is 6. The lowest BCUT2D eigenvalue weighted by Crippen LogP contribution is -2.19. The van der Waals surface area contributed by atoms with Crippen LogP contribution in [0.5, 0.6) is 0 Å². The molecule has 6 heteroatoms. The molecule has 150 valence electrons. The van der Waals surface area contributed by atoms with Crippen molar-refractivity contribution in [3.63, 3.8) is 0 Å². The van der Waals surface area contributed by atoms with E-state index in [1.165, 1.54) is 12.1 Å². The van der Waals surface area contributed by atoms with Crippen molar-refractivity contribution in [3.05, 3.63) is 70.2 Å². The zero-order chi connectivity index (χ0) is 20.2. The van der Waals surface area contributed by atoms with Gasteiger partial charge in [-0.2, -0.15) is 0 Å². The number of thiazole rings is 1. The van der Waals surface area contributed by atoms with Crippen LogP contribution in [0.4, 0.5) is 11.4 Å². The third kappa shape index (κ3) is 5.19. The Labute approximate surface area is 180 Å². The van der Waals surface area contributed by atoms with Crippen molar-refractivity contribution in [1.82, 2.24) is 4.98 Å². The van der Waals surface area contributed by atoms with Gasteiger partial charge in [0.15, 0.2) is 0 Å². The average molecular weight is 424 g/mol. The number of hydrogen-bond donors (Lipinski definition) is 1. The Balaban J connectivity index is 1.32. The van der Waals surface area contributed by atoms with E-state index in [9.17, 15) is 4.79 Å². The predicted octanol–water partition coefficient (Wildman–Crippen LogP) is 5.84. The van der Waals surface area contributed by atoms with Crippen molar-refractivity contribution in [3.8, 4) is 0 Å². The number of aryl methyl sites for hydroxylation is 1. The molecule has 4 nitrogen and oxygen atoms in total. The average Bonchev–Trinajstić information content (AvgIpc) is 3.35. The Morgan fingerprint density at radius 3 is 2.59 bits per heavy atom. The number of carbonyl (C=O) groups is 1. The Bertz CT molecular complexity index is 967. The zero-order valence-electron chi connectivity index (χ0n) is 16.7. The topological polar surface area (TPSA) is 45.2 Å². The summed E-state index contributed by atoms with van der Waals surface area (Å²) < 4.78 is 0. The van der Waals surface area contributed by atoms with Crippen molar-refractivity contribution in [1.29, 1.82) is 0 Å². The summed E-state index contributed by atoms with van der Waals surface area (Å²) in [6.45, 7) is 6.53. The van der Waals surface area contributed by atoms with Gasteiger partial charge >= 0.3 is 0 Å². The van der Waals surface area contributed by atoms with E-state index in [1.807, 2.05) is 43.3 Å². The van der Waals surface area contributed by atoms with Gasteiger partial charge in [0.05, 0.1) is 10.7 Å². The summed E-state index contributed by atoms with van der Waals surface area (Å²) in [6, 6.07) is 15.9. The Kier molecular flexibility index (Phi) is 6.21. The minimum atomic E-state index is -0.0841. The second-order valence-corrected chi connectivity index (χ2v) is 9.62. The van der Waals surface area contributed by atoms with Gasteiger partial charge in [-0.05, 0) is 67.8 Å². The highest BCUT2D eigenvalue weighted by molar-refractivity contribution is 7.98. The van der Waals surface area contributed by atoms with Crippen LogP contribution in [0.1, 0.15) is 34.4 Å². The van der Waals surface area contributed by atoms with Crippen LogP contribution in [0.15, 0.2) is 58.8 Å². The smallest absolute Gasteiger partial charge is 0.255 e. The maximum absolute atomic E-state index is 12.6. The summed E-state index contributed by atoms with van der Waals surface area (Å²) in [6.07, 6.45) is 1.25. The third-order valence-electron chi connectivity index (χ3n) is 5.08. The molecule has 1 aromatic heterocycles. The van der Waals surface area contributed by atoms with E-state index < -0.39 is 0 Å². The fraction of sp³-hybridized carbons (Fsp3) is 0.304. The lowest BCUT2D eigenvalue weighted by Gasteiger charge is -2.18. The molecule has 0 saturated carbocycles. The van der Waals surface area contributed by atoms with Gasteiger partial charge in [0.1, 0.15) is 0 Å². The van der Waals surface area contributed by atoms with E-state index in [0.29, 0.717) is 5.56 Å². The van der Waals surface area contributed by atoms with Crippen LogP contribution < -0.4 is 10.2 Å². The summed E-state index contributed by atoms with van der Waals surface area (Å²) >= 11 is 3.41. The molecule has 1 aliphatic heterocycles. The minimum absolute atomic E-state index is 0.0841. The molecule has 0 spiro atoms. The van der Waals surface area contributed by atoms with E-state index in [-0.39, 0.29) is 5.91 Å². The van der Waals surface area contributed by atoms with E-state index in [4.69, 9.17) is 0 Å². The molecule has 0 aliphatic carbocycles. The number of aromatic nitrogens is 1. The number of hydrogen-bond acceptors (Lipinski definition) is 5. The van der Waals surface area contributed by atoms with Crippen LogP contribution in [-0.4, -0.2) is 24.0 Å². The molecule has 1 fully saturated rings. The number of anilines is 2. The van der Waals surface area contributed by atoms with Crippen LogP contribution in [0.25, 0.3) is 0 Å². The number of nitrogens with zero attached hydrogens (tertiary/aromatic N) is 2. The SMILES string of the molecule is Cc1nc(CSc2ccc(C(=O)Nc3ccc(N4CCC(C)C4)cc3)cc2)cs1. The van der Waals surface area contributed by atoms with E-state index in [0.717, 1.165) is 46.0 Å². The fourth-order valence-corrected chi connectivity index (χ4v) is 4.97. The second-order valence-electron chi connectivity index (χ2n) is 7.51. The molecule has 2 aromatic carbocycles. The zero-order valence-corrected chi connectivity index (χ0v) is 18.4. The van der Waals surface area contributed by atoms with E-state index in [1.54, 1.807) is 23.1 Å². The highest BCUT2D eigenvalue weighted by Crippen LogP contribution is 2.26. The summed E-state index contributed by atoms with van der Waals surface area (Å²) in [5, 5.41) is 6.18. The fourth-order valence-electron chi connectivity index (χ4n) is 3.46. The van der Waals surface area contributed by atoms with Gasteiger partial charge in [-0.15, -0.1) is 23.1 Å². The monoisotopic (exact) mass is 423 g/mol. The van der Waals surface area contributed by atoms with Gasteiger partial charge in [-0.1, -0.05) is 6.92 Å². The largest absolute Gasteiger partial charge is 0.371 e. The lowest BCUT2D eigenvalue weighted by atomic mass is 10.2. The quantitative estimate of drug-likeness (QED) is 0.506. The van der Waals surface area contributed by atoms with Gasteiger partial charge in [-0.3, -0.25) is 4.79 Å². The van der Waals surface area contributed by atoms with Crippen molar-refractivity contribution in [2.45, 2.75) is 30.9 Å². The molecule has 0 bridgehead atoms. The molecule has 1 unspecified atom stereocenters. The molecule has 1 aliphatic rings. The van der Waals surface area contributed by atoms with Crippen molar-refractivity contribution in [2.75, 3.05) is 23.3 Å². The van der Waals surface area contributed by atoms with Crippen molar-refractivity contribution < 1.29 is 4.79 Å². The van der Waals surface area contributed by atoms with Gasteiger partial charge in [-0.25, -0.2) is 4.98 Å². The van der Waals surface area contributed by atoms with Gasteiger partial charge in [0.2, 0.25) is 0 Å². The molecular weight excluding hydrogens is 398 g/mol. The molecule has 1 saturated heterocycles. The first-order valence-electron chi connectivity index (χ1n) is 9.87. The summed E-state index contributed by atoms with van der Waals surface area (Å²) in [5.74, 6) is 1.51. The number of thioether (sulfide) groups is 1. The highest BCUT2D eigenvalue weighted by Gasteiger charge is 2.18. The predicted molar refractivity (Wildman–Crippen MR) is 123 cm³/mol. The molecule has 2 heterocycles. The Hall–Kier alpha value is -2.31. The molecule has 1 atom stereocenters. The first kappa shape index (κ1) is 20.0. The standard InChI is InChI=1S/C23H25N3OS2/c1-16-11-12-26(13-16)21-7-5-19(6-8-21)25-23(27)18-3-9-22(10-4-18)29-15-20-14-28-17(2)24-20/h3-10,14,16H,11-13,15H2,1-2H3,(H,25,27). The maximum atomic E-state index is 12.6. The normalized spacial score (nSPS) is 16.2. The van der Waals surface area contributed by atoms with Crippen LogP contribution in [0, 0.1) is 12.8 Å². The molecule has 4 rings (SSSR count). The van der Waals surface area contributed by atoms with Crippen molar-refractivity contribution >= 4 is 40.4 Å². The minimum Gasteiger partial charge on any atom is -0.371 e. The lowest BCUT2D eigenvalue weighted by molar-refractivity contribution is 0.102. The van der Waals surface area contributed by atoms with Gasteiger partial charge < -0.3 is 10.2 Å². The molecular formula is C23H25N3OS2. The molecule has 3 aromatic rings. The van der Waals surface area contributed by atoms with Gasteiger partial charge in [0, 0.05) is 46.1 Å². The van der Waals surface area contributed by atoms with Crippen molar-refractivity contribution in [2.24, 2.45) is 5.92 Å². The summed E-state index contributed by atoms with van der Waals surface area (Å²) in [4.78, 5) is 20.6. The van der Waals surface area contributed by atoms with Crippen LogP contribution in [-0.2, 0) is 5.75 Å². The number of nitrogens with one attached hydrogen (secondary N) is 1. The molecule has 0 radical (unpaired) electrons.